The molecule has 0 aromatic heterocycles. The van der Waals surface area contributed by atoms with Crippen molar-refractivity contribution in [1.29, 1.82) is 0 Å². The smallest absolute Gasteiger partial charge is 0.336 e. The van der Waals surface area contributed by atoms with E-state index >= 15 is 0 Å². The summed E-state index contributed by atoms with van der Waals surface area (Å²) in [6.07, 6.45) is 1.85. The van der Waals surface area contributed by atoms with Crippen LogP contribution in [0.4, 0.5) is 0 Å². The van der Waals surface area contributed by atoms with Gasteiger partial charge in [0.25, 0.3) is 0 Å². The summed E-state index contributed by atoms with van der Waals surface area (Å²) in [7, 11) is 0. The van der Waals surface area contributed by atoms with Crippen LogP contribution >= 0.6 is 46.4 Å². The van der Waals surface area contributed by atoms with Crippen molar-refractivity contribution in [2.75, 3.05) is 0 Å². The van der Waals surface area contributed by atoms with Gasteiger partial charge in [0, 0.05) is 22.2 Å². The Morgan fingerprint density at radius 1 is 0.840 bits per heavy atom. The van der Waals surface area contributed by atoms with E-state index in [4.69, 9.17) is 55.9 Å². The maximum atomic E-state index is 11.7. The van der Waals surface area contributed by atoms with Crippen molar-refractivity contribution in [2.24, 2.45) is 0 Å². The number of halogens is 4. The van der Waals surface area contributed by atoms with Crippen LogP contribution in [-0.4, -0.2) is 11.9 Å². The standard InChI is InChI=1S/C17H10Cl4O4/c18-11-3-1-10(2-4-11)9-24-15(22)5-6-16(23)25-17-13(20)7-12(19)8-14(17)21/h1-8H,9H2/b6-5+. The van der Waals surface area contributed by atoms with Crippen LogP contribution < -0.4 is 4.74 Å². The highest BCUT2D eigenvalue weighted by Crippen LogP contribution is 2.35. The monoisotopic (exact) mass is 418 g/mol. The minimum Gasteiger partial charge on any atom is -0.458 e. The van der Waals surface area contributed by atoms with Crippen molar-refractivity contribution in [3.63, 3.8) is 0 Å². The SMILES string of the molecule is O=C(/C=C/C(=O)Oc1c(Cl)cc(Cl)cc1Cl)OCc1ccc(Cl)cc1. The first kappa shape index (κ1) is 19.6. The van der Waals surface area contributed by atoms with Crippen molar-refractivity contribution in [2.45, 2.75) is 6.61 Å². The van der Waals surface area contributed by atoms with E-state index in [9.17, 15) is 9.59 Å². The first-order chi connectivity index (χ1) is 11.8. The summed E-state index contributed by atoms with van der Waals surface area (Å²) in [4.78, 5) is 23.3. The highest BCUT2D eigenvalue weighted by molar-refractivity contribution is 6.40. The van der Waals surface area contributed by atoms with Gasteiger partial charge in [-0.1, -0.05) is 58.5 Å². The zero-order chi connectivity index (χ0) is 18.4. The molecule has 0 unspecified atom stereocenters. The molecule has 0 amide bonds. The maximum Gasteiger partial charge on any atom is 0.336 e. The summed E-state index contributed by atoms with van der Waals surface area (Å²) >= 11 is 23.3. The molecule has 25 heavy (non-hydrogen) atoms. The van der Waals surface area contributed by atoms with Crippen LogP contribution in [0.2, 0.25) is 20.1 Å². The minimum absolute atomic E-state index is 0.0445. The summed E-state index contributed by atoms with van der Waals surface area (Å²) in [5.41, 5.74) is 0.758. The molecule has 130 valence electrons. The second-order valence-corrected chi connectivity index (χ2v) is 6.37. The van der Waals surface area contributed by atoms with E-state index in [0.29, 0.717) is 10.0 Å². The van der Waals surface area contributed by atoms with Crippen molar-refractivity contribution < 1.29 is 19.1 Å². The minimum atomic E-state index is -0.838. The molecule has 0 spiro atoms. The van der Waals surface area contributed by atoms with Gasteiger partial charge < -0.3 is 9.47 Å². The Kier molecular flexibility index (Phi) is 7.14. The summed E-state index contributed by atoms with van der Waals surface area (Å²) < 4.78 is 9.97. The average Bonchev–Trinajstić information content (AvgIpc) is 2.55. The van der Waals surface area contributed by atoms with Gasteiger partial charge in [-0.3, -0.25) is 0 Å². The predicted octanol–water partition coefficient (Wildman–Crippen LogP) is 5.51. The van der Waals surface area contributed by atoms with Gasteiger partial charge in [0.1, 0.15) is 6.61 Å². The molecule has 0 fully saturated rings. The van der Waals surface area contributed by atoms with E-state index in [1.165, 1.54) is 12.1 Å². The van der Waals surface area contributed by atoms with Crippen molar-refractivity contribution in [1.82, 2.24) is 0 Å². The normalized spacial score (nSPS) is 10.7. The lowest BCUT2D eigenvalue weighted by molar-refractivity contribution is -0.139. The Balaban J connectivity index is 1.89. The quantitative estimate of drug-likeness (QED) is 0.364. The average molecular weight is 420 g/mol. The fourth-order valence-corrected chi connectivity index (χ4v) is 2.70. The second-order valence-electron chi connectivity index (χ2n) is 4.69. The van der Waals surface area contributed by atoms with Crippen LogP contribution in [0.3, 0.4) is 0 Å². The number of hydrogen-bond donors (Lipinski definition) is 0. The largest absolute Gasteiger partial charge is 0.458 e. The number of carbonyl (C=O) groups is 2. The molecular formula is C17H10Cl4O4. The zero-order valence-electron chi connectivity index (χ0n) is 12.5. The molecule has 8 heteroatoms. The van der Waals surface area contributed by atoms with E-state index in [1.54, 1.807) is 24.3 Å². The summed E-state index contributed by atoms with van der Waals surface area (Å²) in [6, 6.07) is 9.55. The third kappa shape index (κ3) is 6.25. The van der Waals surface area contributed by atoms with E-state index in [-0.39, 0.29) is 22.4 Å². The van der Waals surface area contributed by atoms with Gasteiger partial charge in [0.15, 0.2) is 5.75 Å². The topological polar surface area (TPSA) is 52.6 Å². The molecular weight excluding hydrogens is 410 g/mol. The number of rotatable bonds is 5. The number of benzene rings is 2. The fraction of sp³-hybridized carbons (Fsp3) is 0.0588. The molecule has 2 aromatic rings. The molecule has 0 radical (unpaired) electrons. The van der Waals surface area contributed by atoms with Crippen LogP contribution in [-0.2, 0) is 20.9 Å². The Labute approximate surface area is 163 Å². The molecule has 0 heterocycles. The second kappa shape index (κ2) is 9.11. The summed E-state index contributed by atoms with van der Waals surface area (Å²) in [6.45, 7) is 0.0459. The molecule has 0 aliphatic carbocycles. The molecule has 0 atom stereocenters. The Bertz CT molecular complexity index is 793. The lowest BCUT2D eigenvalue weighted by atomic mass is 10.2. The number of esters is 2. The molecule has 4 nitrogen and oxygen atoms in total. The number of carbonyl (C=O) groups excluding carboxylic acids is 2. The lowest BCUT2D eigenvalue weighted by Gasteiger charge is -2.06. The van der Waals surface area contributed by atoms with Crippen molar-refractivity contribution >= 4 is 58.3 Å². The lowest BCUT2D eigenvalue weighted by Crippen LogP contribution is -2.07. The Morgan fingerprint density at radius 3 is 2.00 bits per heavy atom. The van der Waals surface area contributed by atoms with Gasteiger partial charge in [-0.2, -0.15) is 0 Å². The highest BCUT2D eigenvalue weighted by atomic mass is 35.5. The Morgan fingerprint density at radius 2 is 1.40 bits per heavy atom. The summed E-state index contributed by atoms with van der Waals surface area (Å²) in [5, 5.41) is 1.03. The van der Waals surface area contributed by atoms with E-state index in [0.717, 1.165) is 17.7 Å². The van der Waals surface area contributed by atoms with Gasteiger partial charge in [0.05, 0.1) is 10.0 Å². The third-order valence-electron chi connectivity index (χ3n) is 2.82. The predicted molar refractivity (Wildman–Crippen MR) is 97.5 cm³/mol. The number of hydrogen-bond acceptors (Lipinski definition) is 4. The summed E-state index contributed by atoms with van der Waals surface area (Å²) in [5.74, 6) is -1.59. The molecule has 0 N–H and O–H groups in total. The van der Waals surface area contributed by atoms with Gasteiger partial charge in [0.2, 0.25) is 0 Å². The molecule has 0 saturated carbocycles. The van der Waals surface area contributed by atoms with E-state index in [2.05, 4.69) is 0 Å². The van der Waals surface area contributed by atoms with Gasteiger partial charge in [-0.15, -0.1) is 0 Å². The first-order valence-electron chi connectivity index (χ1n) is 6.81. The van der Waals surface area contributed by atoms with Gasteiger partial charge in [-0.25, -0.2) is 9.59 Å². The Hall–Kier alpha value is -1.72. The number of ether oxygens (including phenoxy) is 2. The van der Waals surface area contributed by atoms with Crippen LogP contribution in [0.25, 0.3) is 0 Å². The van der Waals surface area contributed by atoms with Crippen molar-refractivity contribution in [3.05, 3.63) is 74.2 Å². The van der Waals surface area contributed by atoms with Crippen molar-refractivity contribution in [3.8, 4) is 5.75 Å². The molecule has 2 rings (SSSR count). The molecule has 0 saturated heterocycles. The molecule has 0 aliphatic heterocycles. The van der Waals surface area contributed by atoms with Gasteiger partial charge in [-0.05, 0) is 29.8 Å². The third-order valence-corrected chi connectivity index (χ3v) is 3.85. The molecule has 0 aliphatic rings. The maximum absolute atomic E-state index is 11.7. The fourth-order valence-electron chi connectivity index (χ4n) is 1.68. The first-order valence-corrected chi connectivity index (χ1v) is 8.32. The van der Waals surface area contributed by atoms with Crippen LogP contribution in [0, 0.1) is 0 Å². The van der Waals surface area contributed by atoms with Crippen LogP contribution in [0.5, 0.6) is 5.75 Å². The highest BCUT2D eigenvalue weighted by Gasteiger charge is 2.12. The molecule has 2 aromatic carbocycles. The van der Waals surface area contributed by atoms with Crippen LogP contribution in [0.1, 0.15) is 5.56 Å². The van der Waals surface area contributed by atoms with E-state index in [1.807, 2.05) is 0 Å². The van der Waals surface area contributed by atoms with Crippen LogP contribution in [0.15, 0.2) is 48.6 Å². The molecule has 0 bridgehead atoms. The van der Waals surface area contributed by atoms with Gasteiger partial charge >= 0.3 is 11.9 Å². The van der Waals surface area contributed by atoms with E-state index < -0.39 is 11.9 Å². The zero-order valence-corrected chi connectivity index (χ0v) is 15.5.